The molecule has 0 spiro atoms. The molecule has 0 radical (unpaired) electrons. The van der Waals surface area contributed by atoms with Crippen molar-refractivity contribution in [1.29, 1.82) is 5.41 Å². The molecule has 3 heteroatoms. The van der Waals surface area contributed by atoms with Crippen LogP contribution in [0.4, 0.5) is 0 Å². The van der Waals surface area contributed by atoms with Gasteiger partial charge in [0.1, 0.15) is 0 Å². The van der Waals surface area contributed by atoms with Crippen molar-refractivity contribution in [1.82, 2.24) is 4.90 Å². The van der Waals surface area contributed by atoms with Crippen LogP contribution in [0.15, 0.2) is 24.3 Å². The van der Waals surface area contributed by atoms with E-state index in [1.54, 1.807) is 4.90 Å². The van der Waals surface area contributed by atoms with Crippen LogP contribution in [0.5, 0.6) is 0 Å². The molecule has 0 aliphatic rings. The van der Waals surface area contributed by atoms with Crippen LogP contribution in [-0.2, 0) is 6.42 Å². The van der Waals surface area contributed by atoms with Crippen LogP contribution in [0.25, 0.3) is 0 Å². The van der Waals surface area contributed by atoms with Gasteiger partial charge in [0.15, 0.2) is 0 Å². The maximum absolute atomic E-state index is 7.64. The molecule has 0 aliphatic heterocycles. The van der Waals surface area contributed by atoms with Crippen LogP contribution in [-0.4, -0.2) is 24.8 Å². The zero-order valence-corrected chi connectivity index (χ0v) is 8.60. The maximum Gasteiger partial charge on any atom is 0.0997 e. The Balaban J connectivity index is 2.75. The number of halogens is 1. The van der Waals surface area contributed by atoms with Gasteiger partial charge in [0.25, 0.3) is 0 Å². The lowest BCUT2D eigenvalue weighted by atomic mass is 10.1. The van der Waals surface area contributed by atoms with Crippen molar-refractivity contribution >= 4 is 17.4 Å². The van der Waals surface area contributed by atoms with E-state index in [0.717, 1.165) is 10.6 Å². The van der Waals surface area contributed by atoms with E-state index in [1.165, 1.54) is 0 Å². The second-order valence-corrected chi connectivity index (χ2v) is 3.52. The molecule has 0 heterocycles. The number of hydrogen-bond donors (Lipinski definition) is 1. The molecule has 1 aromatic rings. The topological polar surface area (TPSA) is 27.1 Å². The first-order chi connectivity index (χ1) is 6.11. The van der Waals surface area contributed by atoms with E-state index in [-0.39, 0.29) is 0 Å². The zero-order valence-electron chi connectivity index (χ0n) is 7.84. The Morgan fingerprint density at radius 1 is 1.38 bits per heavy atom. The summed E-state index contributed by atoms with van der Waals surface area (Å²) in [4.78, 5) is 1.78. The van der Waals surface area contributed by atoms with Gasteiger partial charge in [-0.2, -0.15) is 0 Å². The van der Waals surface area contributed by atoms with Crippen LogP contribution in [0.1, 0.15) is 5.56 Å². The highest BCUT2D eigenvalue weighted by atomic mass is 35.5. The average Bonchev–Trinajstić information content (AvgIpc) is 2.08. The SMILES string of the molecule is CN(C)C(=N)Cc1ccccc1Cl. The molecule has 1 aromatic carbocycles. The van der Waals surface area contributed by atoms with Crippen LogP contribution >= 0.6 is 11.6 Å². The summed E-state index contributed by atoms with van der Waals surface area (Å²) in [7, 11) is 3.72. The number of rotatable bonds is 2. The van der Waals surface area contributed by atoms with Crippen molar-refractivity contribution in [3.63, 3.8) is 0 Å². The predicted octanol–water partition coefficient (Wildman–Crippen LogP) is 2.42. The van der Waals surface area contributed by atoms with Gasteiger partial charge >= 0.3 is 0 Å². The van der Waals surface area contributed by atoms with Crippen molar-refractivity contribution in [2.75, 3.05) is 14.1 Å². The first-order valence-corrected chi connectivity index (χ1v) is 4.47. The standard InChI is InChI=1S/C10H13ClN2/c1-13(2)10(12)7-8-5-3-4-6-9(8)11/h3-6,12H,7H2,1-2H3. The number of hydrogen-bond acceptors (Lipinski definition) is 1. The molecule has 0 aliphatic carbocycles. The number of likely N-dealkylation sites (N-methyl/N-ethyl adjacent to an activating group) is 1. The van der Waals surface area contributed by atoms with E-state index in [9.17, 15) is 0 Å². The lowest BCUT2D eigenvalue weighted by Gasteiger charge is -2.13. The van der Waals surface area contributed by atoms with Crippen molar-refractivity contribution in [2.24, 2.45) is 0 Å². The molecule has 0 aromatic heterocycles. The molecule has 0 unspecified atom stereocenters. The second kappa shape index (κ2) is 4.28. The highest BCUT2D eigenvalue weighted by Gasteiger charge is 2.03. The number of amidine groups is 1. The molecular formula is C10H13ClN2. The summed E-state index contributed by atoms with van der Waals surface area (Å²) < 4.78 is 0. The van der Waals surface area contributed by atoms with Crippen molar-refractivity contribution in [2.45, 2.75) is 6.42 Å². The summed E-state index contributed by atoms with van der Waals surface area (Å²) in [5.74, 6) is 0.563. The monoisotopic (exact) mass is 196 g/mol. The van der Waals surface area contributed by atoms with Crippen molar-refractivity contribution < 1.29 is 0 Å². The molecular weight excluding hydrogens is 184 g/mol. The molecule has 13 heavy (non-hydrogen) atoms. The van der Waals surface area contributed by atoms with Gasteiger partial charge in [0.2, 0.25) is 0 Å². The Kier molecular flexibility index (Phi) is 3.32. The lowest BCUT2D eigenvalue weighted by Crippen LogP contribution is -2.22. The van der Waals surface area contributed by atoms with E-state index < -0.39 is 0 Å². The Bertz CT molecular complexity index is 308. The minimum atomic E-state index is 0.563. The first-order valence-electron chi connectivity index (χ1n) is 4.09. The highest BCUT2D eigenvalue weighted by molar-refractivity contribution is 6.31. The normalized spacial score (nSPS) is 9.77. The summed E-state index contributed by atoms with van der Waals surface area (Å²) >= 11 is 5.96. The molecule has 70 valence electrons. The molecule has 0 amide bonds. The number of nitrogens with one attached hydrogen (secondary N) is 1. The van der Waals surface area contributed by atoms with Gasteiger partial charge in [-0.25, -0.2) is 0 Å². The Hall–Kier alpha value is -1.02. The summed E-state index contributed by atoms with van der Waals surface area (Å²) in [6.07, 6.45) is 0.590. The van der Waals surface area contributed by atoms with Gasteiger partial charge < -0.3 is 4.90 Å². The third kappa shape index (κ3) is 2.74. The van der Waals surface area contributed by atoms with Gasteiger partial charge in [-0.15, -0.1) is 0 Å². The minimum Gasteiger partial charge on any atom is -0.366 e. The van der Waals surface area contributed by atoms with Crippen molar-refractivity contribution in [3.8, 4) is 0 Å². The lowest BCUT2D eigenvalue weighted by molar-refractivity contribution is 0.605. The summed E-state index contributed by atoms with van der Waals surface area (Å²) in [6.45, 7) is 0. The maximum atomic E-state index is 7.64. The number of benzene rings is 1. The minimum absolute atomic E-state index is 0.563. The average molecular weight is 197 g/mol. The Morgan fingerprint density at radius 2 is 2.00 bits per heavy atom. The molecule has 1 N–H and O–H groups in total. The second-order valence-electron chi connectivity index (χ2n) is 3.11. The predicted molar refractivity (Wildman–Crippen MR) is 56.6 cm³/mol. The highest BCUT2D eigenvalue weighted by Crippen LogP contribution is 2.15. The van der Waals surface area contributed by atoms with E-state index in [2.05, 4.69) is 0 Å². The van der Waals surface area contributed by atoms with E-state index in [0.29, 0.717) is 12.3 Å². The van der Waals surface area contributed by atoms with Gasteiger partial charge in [-0.05, 0) is 11.6 Å². The quantitative estimate of drug-likeness (QED) is 0.571. The smallest absolute Gasteiger partial charge is 0.0997 e. The zero-order chi connectivity index (χ0) is 9.84. The Labute approximate surface area is 83.6 Å². The summed E-state index contributed by atoms with van der Waals surface area (Å²) in [5.41, 5.74) is 1.00. The third-order valence-corrected chi connectivity index (χ3v) is 2.22. The Morgan fingerprint density at radius 3 is 2.54 bits per heavy atom. The molecule has 0 saturated carbocycles. The first kappa shape index (κ1) is 10.1. The van der Waals surface area contributed by atoms with Crippen LogP contribution in [0.3, 0.4) is 0 Å². The van der Waals surface area contributed by atoms with Gasteiger partial charge in [-0.3, -0.25) is 5.41 Å². The molecule has 2 nitrogen and oxygen atoms in total. The van der Waals surface area contributed by atoms with Gasteiger partial charge in [-0.1, -0.05) is 29.8 Å². The van der Waals surface area contributed by atoms with E-state index in [1.807, 2.05) is 38.4 Å². The molecule has 0 saturated heterocycles. The van der Waals surface area contributed by atoms with E-state index >= 15 is 0 Å². The molecule has 0 fully saturated rings. The van der Waals surface area contributed by atoms with Crippen LogP contribution in [0, 0.1) is 5.41 Å². The molecule has 1 rings (SSSR count). The van der Waals surface area contributed by atoms with Crippen LogP contribution < -0.4 is 0 Å². The fraction of sp³-hybridized carbons (Fsp3) is 0.300. The van der Waals surface area contributed by atoms with Crippen LogP contribution in [0.2, 0.25) is 5.02 Å². The summed E-state index contributed by atoms with van der Waals surface area (Å²) in [6, 6.07) is 7.62. The fourth-order valence-electron chi connectivity index (χ4n) is 0.980. The fourth-order valence-corrected chi connectivity index (χ4v) is 1.18. The van der Waals surface area contributed by atoms with Gasteiger partial charge in [0.05, 0.1) is 5.84 Å². The summed E-state index contributed by atoms with van der Waals surface area (Å²) in [5, 5.41) is 8.38. The van der Waals surface area contributed by atoms with Gasteiger partial charge in [0, 0.05) is 25.5 Å². The largest absolute Gasteiger partial charge is 0.366 e. The van der Waals surface area contributed by atoms with Crippen molar-refractivity contribution in [3.05, 3.63) is 34.9 Å². The molecule has 0 atom stereocenters. The van der Waals surface area contributed by atoms with E-state index in [4.69, 9.17) is 17.0 Å². The third-order valence-electron chi connectivity index (χ3n) is 1.86. The number of nitrogens with zero attached hydrogens (tertiary/aromatic N) is 1. The molecule has 0 bridgehead atoms.